The summed E-state index contributed by atoms with van der Waals surface area (Å²) in [6.07, 6.45) is 4.79. The lowest BCUT2D eigenvalue weighted by Crippen LogP contribution is -2.15. The summed E-state index contributed by atoms with van der Waals surface area (Å²) in [6.45, 7) is 3.94. The van der Waals surface area contributed by atoms with Crippen molar-refractivity contribution < 1.29 is 13.9 Å². The standard InChI is InChI=1S/C16H21FN2O2/c1-4-5-10(2)21-15-13(17)9-19-14(16(15)20-3)12(8-18)11-6-7-11/h9-12H,4-7H2,1-3H3. The molecule has 1 aromatic heterocycles. The van der Waals surface area contributed by atoms with Gasteiger partial charge in [0.1, 0.15) is 5.69 Å². The molecule has 2 unspecified atom stereocenters. The van der Waals surface area contributed by atoms with Crippen LogP contribution in [0.3, 0.4) is 0 Å². The summed E-state index contributed by atoms with van der Waals surface area (Å²) in [5.74, 6) is -0.279. The first-order valence-corrected chi connectivity index (χ1v) is 7.41. The molecule has 1 fully saturated rings. The molecule has 21 heavy (non-hydrogen) atoms. The topological polar surface area (TPSA) is 55.1 Å². The number of ether oxygens (including phenoxy) is 2. The quantitative estimate of drug-likeness (QED) is 0.766. The number of rotatable bonds is 7. The van der Waals surface area contributed by atoms with Crippen LogP contribution in [0.4, 0.5) is 4.39 Å². The van der Waals surface area contributed by atoms with Gasteiger partial charge in [-0.2, -0.15) is 5.26 Å². The summed E-state index contributed by atoms with van der Waals surface area (Å²) < 4.78 is 25.1. The zero-order chi connectivity index (χ0) is 15.4. The van der Waals surface area contributed by atoms with E-state index in [1.165, 1.54) is 7.11 Å². The van der Waals surface area contributed by atoms with E-state index in [1.54, 1.807) is 0 Å². The number of hydrogen-bond donors (Lipinski definition) is 0. The Labute approximate surface area is 124 Å². The minimum absolute atomic E-state index is 0.0735. The Bertz CT molecular complexity index is 538. The molecule has 0 amide bonds. The zero-order valence-electron chi connectivity index (χ0n) is 12.7. The maximum atomic E-state index is 14.1. The van der Waals surface area contributed by atoms with Gasteiger partial charge < -0.3 is 9.47 Å². The van der Waals surface area contributed by atoms with Crippen LogP contribution in [0.25, 0.3) is 0 Å². The van der Waals surface area contributed by atoms with Gasteiger partial charge in [-0.3, -0.25) is 4.98 Å². The van der Waals surface area contributed by atoms with Gasteiger partial charge in [0.25, 0.3) is 0 Å². The lowest BCUT2D eigenvalue weighted by molar-refractivity contribution is 0.190. The molecule has 0 saturated heterocycles. The van der Waals surface area contributed by atoms with E-state index in [2.05, 4.69) is 11.1 Å². The average Bonchev–Trinajstić information content (AvgIpc) is 3.28. The second-order valence-corrected chi connectivity index (χ2v) is 5.52. The van der Waals surface area contributed by atoms with Gasteiger partial charge in [-0.15, -0.1) is 0 Å². The highest BCUT2D eigenvalue weighted by Gasteiger charge is 2.36. The van der Waals surface area contributed by atoms with E-state index in [9.17, 15) is 9.65 Å². The van der Waals surface area contributed by atoms with Crippen LogP contribution in [0.15, 0.2) is 6.20 Å². The third-order valence-corrected chi connectivity index (χ3v) is 3.72. The first-order valence-electron chi connectivity index (χ1n) is 7.41. The van der Waals surface area contributed by atoms with Gasteiger partial charge in [0.15, 0.2) is 11.6 Å². The Morgan fingerprint density at radius 1 is 1.48 bits per heavy atom. The van der Waals surface area contributed by atoms with Gasteiger partial charge in [0.05, 0.1) is 31.4 Å². The highest BCUT2D eigenvalue weighted by atomic mass is 19.1. The number of methoxy groups -OCH3 is 1. The van der Waals surface area contributed by atoms with E-state index in [0.717, 1.165) is 31.9 Å². The number of nitriles is 1. The maximum Gasteiger partial charge on any atom is 0.201 e. The Hall–Kier alpha value is -1.83. The molecule has 0 N–H and O–H groups in total. The maximum absolute atomic E-state index is 14.1. The lowest BCUT2D eigenvalue weighted by Gasteiger charge is -2.19. The van der Waals surface area contributed by atoms with Crippen molar-refractivity contribution in [3.8, 4) is 17.6 Å². The van der Waals surface area contributed by atoms with E-state index in [-0.39, 0.29) is 23.5 Å². The number of hydrogen-bond acceptors (Lipinski definition) is 4. The second kappa shape index (κ2) is 6.75. The number of halogens is 1. The van der Waals surface area contributed by atoms with Crippen molar-refractivity contribution in [2.24, 2.45) is 5.92 Å². The minimum Gasteiger partial charge on any atom is -0.491 e. The van der Waals surface area contributed by atoms with E-state index in [4.69, 9.17) is 9.47 Å². The molecule has 0 aromatic carbocycles. The third kappa shape index (κ3) is 3.44. The fraction of sp³-hybridized carbons (Fsp3) is 0.625. The van der Waals surface area contributed by atoms with Crippen molar-refractivity contribution in [2.75, 3.05) is 7.11 Å². The van der Waals surface area contributed by atoms with E-state index in [0.29, 0.717) is 11.6 Å². The Morgan fingerprint density at radius 2 is 2.19 bits per heavy atom. The van der Waals surface area contributed by atoms with Crippen LogP contribution >= 0.6 is 0 Å². The van der Waals surface area contributed by atoms with Gasteiger partial charge in [0.2, 0.25) is 5.75 Å². The van der Waals surface area contributed by atoms with Crippen molar-refractivity contribution >= 4 is 0 Å². The predicted octanol–water partition coefficient (Wildman–Crippen LogP) is 3.81. The van der Waals surface area contributed by atoms with Gasteiger partial charge in [-0.25, -0.2) is 4.39 Å². The van der Waals surface area contributed by atoms with Crippen LogP contribution in [-0.4, -0.2) is 18.2 Å². The number of pyridine rings is 1. The molecule has 1 aliphatic carbocycles. The van der Waals surface area contributed by atoms with Crippen LogP contribution in [0.5, 0.6) is 11.5 Å². The molecule has 4 nitrogen and oxygen atoms in total. The largest absolute Gasteiger partial charge is 0.491 e. The Kier molecular flexibility index (Phi) is 5.00. The smallest absolute Gasteiger partial charge is 0.201 e. The van der Waals surface area contributed by atoms with Gasteiger partial charge in [0, 0.05) is 0 Å². The summed E-state index contributed by atoms with van der Waals surface area (Å²) >= 11 is 0. The summed E-state index contributed by atoms with van der Waals surface area (Å²) in [4.78, 5) is 4.09. The lowest BCUT2D eigenvalue weighted by atomic mass is 9.99. The molecule has 114 valence electrons. The molecule has 0 spiro atoms. The SMILES string of the molecule is CCCC(C)Oc1c(F)cnc(C(C#N)C2CC2)c1OC. The zero-order valence-corrected chi connectivity index (χ0v) is 12.7. The summed E-state index contributed by atoms with van der Waals surface area (Å²) in [6, 6.07) is 2.26. The van der Waals surface area contributed by atoms with Gasteiger partial charge >= 0.3 is 0 Å². The molecule has 2 rings (SSSR count). The summed E-state index contributed by atoms with van der Waals surface area (Å²) in [5.41, 5.74) is 0.489. The van der Waals surface area contributed by atoms with Crippen molar-refractivity contribution in [2.45, 2.75) is 51.6 Å². The molecule has 2 atom stereocenters. The highest BCUT2D eigenvalue weighted by Crippen LogP contribution is 2.46. The van der Waals surface area contributed by atoms with Crippen LogP contribution in [0, 0.1) is 23.1 Å². The molecule has 0 bridgehead atoms. The first kappa shape index (κ1) is 15.6. The summed E-state index contributed by atoms with van der Waals surface area (Å²) in [5, 5.41) is 9.36. The van der Waals surface area contributed by atoms with Crippen LogP contribution in [0.2, 0.25) is 0 Å². The molecule has 0 aliphatic heterocycles. The normalized spacial score (nSPS) is 16.9. The fourth-order valence-electron chi connectivity index (χ4n) is 2.48. The molecule has 1 heterocycles. The first-order chi connectivity index (χ1) is 10.1. The second-order valence-electron chi connectivity index (χ2n) is 5.52. The fourth-order valence-corrected chi connectivity index (χ4v) is 2.48. The Morgan fingerprint density at radius 3 is 2.71 bits per heavy atom. The molecule has 1 aromatic rings. The van der Waals surface area contributed by atoms with Crippen LogP contribution < -0.4 is 9.47 Å². The van der Waals surface area contributed by atoms with Gasteiger partial charge in [-0.05, 0) is 32.1 Å². The molecule has 1 saturated carbocycles. The summed E-state index contributed by atoms with van der Waals surface area (Å²) in [7, 11) is 1.46. The predicted molar refractivity (Wildman–Crippen MR) is 76.8 cm³/mol. The molecule has 1 aliphatic rings. The third-order valence-electron chi connectivity index (χ3n) is 3.72. The van der Waals surface area contributed by atoms with Crippen LogP contribution in [-0.2, 0) is 0 Å². The number of nitrogens with zero attached hydrogens (tertiary/aromatic N) is 2. The van der Waals surface area contributed by atoms with Crippen molar-refractivity contribution in [1.29, 1.82) is 5.26 Å². The van der Waals surface area contributed by atoms with E-state index >= 15 is 0 Å². The average molecular weight is 292 g/mol. The van der Waals surface area contributed by atoms with Crippen molar-refractivity contribution in [1.82, 2.24) is 4.98 Å². The molecular formula is C16H21FN2O2. The van der Waals surface area contributed by atoms with E-state index < -0.39 is 5.82 Å². The van der Waals surface area contributed by atoms with E-state index in [1.807, 2.05) is 13.8 Å². The van der Waals surface area contributed by atoms with Crippen LogP contribution in [0.1, 0.15) is 51.1 Å². The van der Waals surface area contributed by atoms with Gasteiger partial charge in [-0.1, -0.05) is 13.3 Å². The highest BCUT2D eigenvalue weighted by molar-refractivity contribution is 5.47. The minimum atomic E-state index is -0.550. The molecule has 5 heteroatoms. The number of aromatic nitrogens is 1. The Balaban J connectivity index is 2.36. The van der Waals surface area contributed by atoms with Crippen molar-refractivity contribution in [3.63, 3.8) is 0 Å². The monoisotopic (exact) mass is 292 g/mol. The van der Waals surface area contributed by atoms with Crippen molar-refractivity contribution in [3.05, 3.63) is 17.7 Å². The molecular weight excluding hydrogens is 271 g/mol. The molecule has 0 radical (unpaired) electrons.